The number of rotatable bonds is 8. The van der Waals surface area contributed by atoms with E-state index in [4.69, 9.17) is 8.85 Å². The van der Waals surface area contributed by atoms with Gasteiger partial charge < -0.3 is 20.7 Å². The molecule has 1 saturated carbocycles. The van der Waals surface area contributed by atoms with Crippen LogP contribution in [-0.4, -0.2) is 57.7 Å². The summed E-state index contributed by atoms with van der Waals surface area (Å²) in [6.07, 6.45) is 2.54. The quantitative estimate of drug-likeness (QED) is 0.453. The minimum atomic E-state index is -3.08. The number of hydrogen-bond acceptors (Lipinski definition) is 7. The molecule has 2 amide bonds. The highest BCUT2D eigenvalue weighted by Crippen LogP contribution is 2.37. The number of nitrogens with one attached hydrogen (secondary N) is 3. The highest BCUT2D eigenvalue weighted by atomic mass is 19.3. The fourth-order valence-corrected chi connectivity index (χ4v) is 3.37. The molecule has 1 aliphatic rings. The van der Waals surface area contributed by atoms with Crippen molar-refractivity contribution in [2.45, 2.75) is 32.0 Å². The van der Waals surface area contributed by atoms with Crippen molar-refractivity contribution in [3.05, 3.63) is 30.2 Å². The molecule has 3 aromatic rings. The Morgan fingerprint density at radius 2 is 2.09 bits per heavy atom. The third-order valence-corrected chi connectivity index (χ3v) is 5.08. The minimum absolute atomic E-state index is 0.0158. The summed E-state index contributed by atoms with van der Waals surface area (Å²) in [4.78, 5) is 33.0. The number of fused-ring (bicyclic) bond motifs is 1. The van der Waals surface area contributed by atoms with Crippen LogP contribution in [0.5, 0.6) is 5.75 Å². The zero-order valence-electron chi connectivity index (χ0n) is 21.0. The van der Waals surface area contributed by atoms with E-state index < -0.39 is 43.3 Å². The minimum Gasteiger partial charge on any atom is -0.491 e. The summed E-state index contributed by atoms with van der Waals surface area (Å²) < 4.78 is 69.1. The average molecular weight is 480 g/mol. The number of methoxy groups -OCH3 is 1. The van der Waals surface area contributed by atoms with Gasteiger partial charge in [-0.3, -0.25) is 14.3 Å². The third-order valence-electron chi connectivity index (χ3n) is 5.08. The van der Waals surface area contributed by atoms with Crippen LogP contribution in [0.25, 0.3) is 10.9 Å². The monoisotopic (exact) mass is 480 g/mol. The molecule has 3 heterocycles. The van der Waals surface area contributed by atoms with E-state index >= 15 is 0 Å². The molecule has 0 saturated heterocycles. The van der Waals surface area contributed by atoms with E-state index in [0.29, 0.717) is 5.39 Å². The summed E-state index contributed by atoms with van der Waals surface area (Å²) in [5.74, 6) is -5.57. The maximum Gasteiger partial charge on any atom is 0.264 e. The molecule has 13 heteroatoms. The van der Waals surface area contributed by atoms with Crippen LogP contribution in [0.1, 0.15) is 27.8 Å². The first-order valence-electron chi connectivity index (χ1n) is 11.6. The number of amides is 2. The SMILES string of the molecule is [2H]C([2H])([2H])NC(=O)c1cnc(NC(=O)[C@H]2C[C@H]2F)cc1Nc1ncc2cnn(CC(C)(F)F)c2c1OC. The van der Waals surface area contributed by atoms with Gasteiger partial charge in [0.2, 0.25) is 5.91 Å². The zero-order valence-corrected chi connectivity index (χ0v) is 18.0. The van der Waals surface area contributed by atoms with Crippen molar-refractivity contribution in [1.29, 1.82) is 0 Å². The smallest absolute Gasteiger partial charge is 0.264 e. The molecule has 0 spiro atoms. The lowest BCUT2D eigenvalue weighted by molar-refractivity contribution is -0.117. The van der Waals surface area contributed by atoms with Gasteiger partial charge in [-0.1, -0.05) is 0 Å². The lowest BCUT2D eigenvalue weighted by Crippen LogP contribution is -2.21. The molecule has 34 heavy (non-hydrogen) atoms. The van der Waals surface area contributed by atoms with Crippen LogP contribution in [0.2, 0.25) is 0 Å². The van der Waals surface area contributed by atoms with Crippen LogP contribution < -0.4 is 20.7 Å². The fraction of sp³-hybridized carbons (Fsp3) is 0.381. The molecule has 4 rings (SSSR count). The number of alkyl halides is 3. The van der Waals surface area contributed by atoms with Crippen molar-refractivity contribution in [3.8, 4) is 5.75 Å². The topological polar surface area (TPSA) is 123 Å². The molecule has 0 radical (unpaired) electrons. The third kappa shape index (κ3) is 4.72. The summed E-state index contributed by atoms with van der Waals surface area (Å²) in [5.41, 5.74) is -0.0848. The predicted octanol–water partition coefficient (Wildman–Crippen LogP) is 2.89. The van der Waals surface area contributed by atoms with E-state index in [1.54, 1.807) is 0 Å². The fourth-order valence-electron chi connectivity index (χ4n) is 3.37. The molecule has 0 aliphatic heterocycles. The van der Waals surface area contributed by atoms with Crippen molar-refractivity contribution >= 4 is 40.0 Å². The van der Waals surface area contributed by atoms with Gasteiger partial charge in [-0.15, -0.1) is 0 Å². The van der Waals surface area contributed by atoms with Gasteiger partial charge in [0.1, 0.15) is 24.1 Å². The first kappa shape index (κ1) is 19.6. The number of carbonyl (C=O) groups is 2. The molecule has 1 fully saturated rings. The van der Waals surface area contributed by atoms with E-state index in [-0.39, 0.29) is 40.6 Å². The summed E-state index contributed by atoms with van der Waals surface area (Å²) in [6.45, 7) is -2.82. The molecule has 2 atom stereocenters. The second-order valence-electron chi connectivity index (χ2n) is 7.86. The van der Waals surface area contributed by atoms with Gasteiger partial charge in [0.15, 0.2) is 11.6 Å². The first-order chi connectivity index (χ1) is 17.3. The van der Waals surface area contributed by atoms with Crippen LogP contribution in [0.3, 0.4) is 0 Å². The highest BCUT2D eigenvalue weighted by Gasteiger charge is 2.43. The van der Waals surface area contributed by atoms with E-state index in [2.05, 4.69) is 25.7 Å². The maximum atomic E-state index is 13.7. The van der Waals surface area contributed by atoms with E-state index in [1.165, 1.54) is 25.6 Å². The number of ether oxygens (including phenoxy) is 1. The van der Waals surface area contributed by atoms with Crippen molar-refractivity contribution < 1.29 is 31.6 Å². The largest absolute Gasteiger partial charge is 0.491 e. The zero-order chi connectivity index (χ0) is 27.1. The van der Waals surface area contributed by atoms with Crippen molar-refractivity contribution in [2.75, 3.05) is 24.7 Å². The summed E-state index contributed by atoms with van der Waals surface area (Å²) in [7, 11) is 1.28. The lowest BCUT2D eigenvalue weighted by Gasteiger charge is -2.16. The van der Waals surface area contributed by atoms with Crippen LogP contribution in [-0.2, 0) is 11.3 Å². The van der Waals surface area contributed by atoms with E-state index in [0.717, 1.165) is 17.8 Å². The number of carbonyl (C=O) groups excluding carboxylic acids is 2. The lowest BCUT2D eigenvalue weighted by atomic mass is 10.2. The molecule has 180 valence electrons. The predicted molar refractivity (Wildman–Crippen MR) is 117 cm³/mol. The number of aromatic nitrogens is 4. The standard InChI is InChI=1S/C21H22F3N7O3/c1-21(23,24)9-31-16-10(7-28-31)6-27-18(17(16)34-3)29-14-5-15(26-8-12(14)19(32)25-2)30-20(33)11-4-13(11)22/h5-8,11,13H,4,9H2,1-3H3,(H,25,32)(H2,26,27,29,30,33)/t11-,13+/m0/s1/i2D3. The van der Waals surface area contributed by atoms with Crippen LogP contribution in [0, 0.1) is 5.92 Å². The molecule has 0 aromatic carbocycles. The van der Waals surface area contributed by atoms with Gasteiger partial charge in [-0.25, -0.2) is 23.1 Å². The Morgan fingerprint density at radius 1 is 1.32 bits per heavy atom. The molecule has 0 bridgehead atoms. The Morgan fingerprint density at radius 3 is 2.74 bits per heavy atom. The van der Waals surface area contributed by atoms with Crippen LogP contribution >= 0.6 is 0 Å². The van der Waals surface area contributed by atoms with Gasteiger partial charge in [-0.05, 0) is 6.42 Å². The molecule has 0 unspecified atom stereocenters. The van der Waals surface area contributed by atoms with Crippen LogP contribution in [0.4, 0.5) is 30.5 Å². The number of halogens is 3. The first-order valence-corrected chi connectivity index (χ1v) is 10.1. The molecular weight excluding hydrogens is 455 g/mol. The van der Waals surface area contributed by atoms with Gasteiger partial charge in [-0.2, -0.15) is 5.10 Å². The number of pyridine rings is 2. The highest BCUT2D eigenvalue weighted by molar-refractivity contribution is 6.02. The number of hydrogen-bond donors (Lipinski definition) is 3. The summed E-state index contributed by atoms with van der Waals surface area (Å²) in [5, 5.41) is 11.5. The Kier molecular flexibility index (Phi) is 5.06. The normalized spacial score (nSPS) is 19.0. The Balaban J connectivity index is 1.75. The second kappa shape index (κ2) is 8.80. The van der Waals surface area contributed by atoms with Crippen molar-refractivity contribution in [2.24, 2.45) is 5.92 Å². The Bertz CT molecular complexity index is 1360. The molecule has 3 aromatic heterocycles. The van der Waals surface area contributed by atoms with Gasteiger partial charge in [0.05, 0.1) is 30.5 Å². The van der Waals surface area contributed by atoms with Gasteiger partial charge >= 0.3 is 0 Å². The number of anilines is 3. The second-order valence-corrected chi connectivity index (χ2v) is 7.86. The van der Waals surface area contributed by atoms with E-state index in [9.17, 15) is 22.8 Å². The summed E-state index contributed by atoms with van der Waals surface area (Å²) in [6, 6.07) is 1.23. The molecular formula is C21H22F3N7O3. The Hall–Kier alpha value is -3.90. The number of nitrogens with zero attached hydrogens (tertiary/aromatic N) is 4. The average Bonchev–Trinajstić information content (AvgIpc) is 3.39. The van der Waals surface area contributed by atoms with E-state index in [1.807, 2.05) is 5.32 Å². The molecule has 10 nitrogen and oxygen atoms in total. The Labute approximate surface area is 196 Å². The van der Waals surface area contributed by atoms with Gasteiger partial charge in [0.25, 0.3) is 11.8 Å². The van der Waals surface area contributed by atoms with Crippen molar-refractivity contribution in [3.63, 3.8) is 0 Å². The van der Waals surface area contributed by atoms with Crippen LogP contribution in [0.15, 0.2) is 24.7 Å². The van der Waals surface area contributed by atoms with Gasteiger partial charge in [0, 0.05) is 41.9 Å². The maximum absolute atomic E-state index is 13.7. The summed E-state index contributed by atoms with van der Waals surface area (Å²) >= 11 is 0. The van der Waals surface area contributed by atoms with Crippen molar-refractivity contribution in [1.82, 2.24) is 25.1 Å². The molecule has 1 aliphatic carbocycles. The molecule has 3 N–H and O–H groups in total.